The Labute approximate surface area is 298 Å². The monoisotopic (exact) mass is 725 g/mol. The van der Waals surface area contributed by atoms with E-state index in [1.807, 2.05) is 0 Å². The molecule has 12 N–H and O–H groups in total. The number of nitrogens with one attached hydrogen (secondary N) is 1. The number of fused-ring (bicyclic) bond motifs is 2. The van der Waals surface area contributed by atoms with Crippen molar-refractivity contribution in [1.29, 1.82) is 0 Å². The van der Waals surface area contributed by atoms with E-state index in [0.29, 0.717) is 11.1 Å². The highest BCUT2D eigenvalue weighted by molar-refractivity contribution is 6.31. The van der Waals surface area contributed by atoms with Crippen LogP contribution in [0.3, 0.4) is 0 Å². The third-order valence-corrected chi connectivity index (χ3v) is 9.58. The average Bonchev–Trinajstić information content (AvgIpc) is 3.12. The number of hydrogen-bond donors (Lipinski definition) is 10. The van der Waals surface area contributed by atoms with Crippen molar-refractivity contribution >= 4 is 23.3 Å². The van der Waals surface area contributed by atoms with Crippen molar-refractivity contribution < 1.29 is 59.5 Å². The summed E-state index contributed by atoms with van der Waals surface area (Å²) in [6.07, 6.45) is -5.76. The number of carbonyl (C=O) groups is 2. The number of phenolic OH excluding ortho intramolecular Hbond substituents is 1. The van der Waals surface area contributed by atoms with Crippen molar-refractivity contribution in [2.45, 2.75) is 69.0 Å². The molecule has 17 nitrogen and oxygen atoms in total. The summed E-state index contributed by atoms with van der Waals surface area (Å²) in [5.41, 5.74) is 9.28. The van der Waals surface area contributed by atoms with Crippen molar-refractivity contribution in [1.82, 2.24) is 10.3 Å². The minimum Gasteiger partial charge on any atom is -0.507 e. The highest BCUT2D eigenvalue weighted by Crippen LogP contribution is 2.46. The first-order chi connectivity index (χ1) is 24.8. The molecule has 2 aromatic carbocycles. The molecule has 5 rings (SSSR count). The van der Waals surface area contributed by atoms with E-state index in [1.54, 1.807) is 19.1 Å². The van der Waals surface area contributed by atoms with E-state index in [4.69, 9.17) is 25.7 Å². The zero-order chi connectivity index (χ0) is 38.1. The number of aromatic nitrogens is 1. The number of nitrogens with two attached hydrogens (primary N) is 2. The number of aliphatic hydroxyl groups is 6. The van der Waals surface area contributed by atoms with Crippen LogP contribution in [0.1, 0.15) is 73.0 Å². The van der Waals surface area contributed by atoms with Crippen LogP contribution >= 0.6 is 0 Å². The van der Waals surface area contributed by atoms with Gasteiger partial charge in [-0.3, -0.25) is 14.6 Å². The molecule has 1 fully saturated rings. The molecule has 0 bridgehead atoms. The lowest BCUT2D eigenvalue weighted by Crippen LogP contribution is -2.68. The average molecular weight is 726 g/mol. The topological polar surface area (TPSA) is 293 Å². The number of phenols is 1. The minimum atomic E-state index is -2.18. The van der Waals surface area contributed by atoms with Gasteiger partial charge in [-0.05, 0) is 55.5 Å². The van der Waals surface area contributed by atoms with Gasteiger partial charge in [0.05, 0.1) is 37.5 Å². The number of ether oxygens (including phenoxy) is 3. The van der Waals surface area contributed by atoms with Crippen molar-refractivity contribution in [3.05, 3.63) is 75.0 Å². The zero-order valence-corrected chi connectivity index (χ0v) is 28.7. The van der Waals surface area contributed by atoms with Gasteiger partial charge in [0.2, 0.25) is 12.1 Å². The van der Waals surface area contributed by atoms with Crippen LogP contribution in [-0.2, 0) is 17.8 Å². The van der Waals surface area contributed by atoms with E-state index < -0.39 is 83.7 Å². The van der Waals surface area contributed by atoms with Crippen molar-refractivity contribution in [3.8, 4) is 17.2 Å². The van der Waals surface area contributed by atoms with Crippen LogP contribution in [-0.4, -0.2) is 116 Å². The fourth-order valence-electron chi connectivity index (χ4n) is 6.89. The summed E-state index contributed by atoms with van der Waals surface area (Å²) in [7, 11) is 2.68. The maximum atomic E-state index is 14.5. The third kappa shape index (κ3) is 6.74. The molecule has 0 saturated carbocycles. The standard InChI is InChI=1S/C35H43N5O12/c1-15-10-17-26(29(45)24(15)19(6-9-41)40-34(37)38-2)30(46)27-21(12-20(50-3)18(13-42)25(27)28(17)44)51-33-31(47)32(48)35(49,22(14-43)52-33)7-4-16-5-8-39-23(36)11-16/h5,8,10-12,19,22,31-33,41-43,45,47-49H,4,6-7,9,13-14H2,1-3H3,(H2,36,39)(H3,37,38,40)/t19-,22+,31+,32+,33+,35+/m0/s1. The molecule has 1 saturated heterocycles. The summed E-state index contributed by atoms with van der Waals surface area (Å²) < 4.78 is 17.2. The van der Waals surface area contributed by atoms with Crippen LogP contribution in [0.4, 0.5) is 5.82 Å². The SMILES string of the molecule is CN=C(N)N[C@@H](CCO)c1c(C)cc2c(c1O)C(=O)c1c(O[C@@H]3O[C@H](CO)[C@](O)(CCc4ccnc(N)c4)[C@H](O)[C@H]3O)cc(OC)c(CO)c1C2=O. The Balaban J connectivity index is 1.57. The minimum absolute atomic E-state index is 0.0125. The molecule has 0 spiro atoms. The number of carbonyl (C=O) groups excluding carboxylic acids is 2. The summed E-state index contributed by atoms with van der Waals surface area (Å²) in [6.45, 7) is -0.304. The lowest BCUT2D eigenvalue weighted by Gasteiger charge is -2.48. The maximum Gasteiger partial charge on any atom is 0.229 e. The number of aliphatic imine (C=N–C) groups is 1. The number of anilines is 1. The predicted octanol–water partition coefficient (Wildman–Crippen LogP) is -0.907. The Morgan fingerprint density at radius 3 is 2.46 bits per heavy atom. The van der Waals surface area contributed by atoms with Gasteiger partial charge in [0.15, 0.2) is 11.7 Å². The fourth-order valence-corrected chi connectivity index (χ4v) is 6.89. The highest BCUT2D eigenvalue weighted by atomic mass is 16.7. The van der Waals surface area contributed by atoms with Crippen LogP contribution in [0.5, 0.6) is 17.2 Å². The van der Waals surface area contributed by atoms with Crippen LogP contribution in [0.2, 0.25) is 0 Å². The van der Waals surface area contributed by atoms with E-state index in [2.05, 4.69) is 15.3 Å². The van der Waals surface area contributed by atoms with Crippen molar-refractivity contribution in [2.75, 3.05) is 33.1 Å². The molecular formula is C35H43N5O12. The molecular weight excluding hydrogens is 682 g/mol. The Bertz CT molecular complexity index is 1880. The zero-order valence-electron chi connectivity index (χ0n) is 28.7. The summed E-state index contributed by atoms with van der Waals surface area (Å²) >= 11 is 0. The lowest BCUT2D eigenvalue weighted by molar-refractivity contribution is -0.314. The molecule has 1 aromatic heterocycles. The van der Waals surface area contributed by atoms with E-state index in [9.17, 15) is 45.3 Å². The van der Waals surface area contributed by atoms with Crippen molar-refractivity contribution in [3.63, 3.8) is 0 Å². The van der Waals surface area contributed by atoms with Crippen LogP contribution < -0.4 is 26.3 Å². The van der Waals surface area contributed by atoms with Gasteiger partial charge in [-0.25, -0.2) is 4.98 Å². The number of aliphatic hydroxyl groups excluding tert-OH is 5. The van der Waals surface area contributed by atoms with Gasteiger partial charge in [0.1, 0.15) is 47.0 Å². The van der Waals surface area contributed by atoms with Crippen molar-refractivity contribution in [2.24, 2.45) is 10.7 Å². The number of pyridine rings is 1. The first-order valence-electron chi connectivity index (χ1n) is 16.4. The molecule has 0 radical (unpaired) electrons. The summed E-state index contributed by atoms with van der Waals surface area (Å²) in [5, 5.41) is 78.9. The molecule has 1 aliphatic heterocycles. The van der Waals surface area contributed by atoms with E-state index in [0.717, 1.165) is 0 Å². The van der Waals surface area contributed by atoms with Gasteiger partial charge in [-0.2, -0.15) is 0 Å². The maximum absolute atomic E-state index is 14.5. The number of guanidine groups is 1. The van der Waals surface area contributed by atoms with Gasteiger partial charge in [-0.1, -0.05) is 0 Å². The van der Waals surface area contributed by atoms with Crippen LogP contribution in [0.15, 0.2) is 35.5 Å². The van der Waals surface area contributed by atoms with Gasteiger partial charge in [-0.15, -0.1) is 0 Å². The quantitative estimate of drug-likeness (QED) is 0.0625. The highest BCUT2D eigenvalue weighted by Gasteiger charge is 2.55. The molecule has 2 heterocycles. The first-order valence-corrected chi connectivity index (χ1v) is 16.4. The molecule has 2 aliphatic rings. The second-order valence-corrected chi connectivity index (χ2v) is 12.6. The normalized spacial score (nSPS) is 23.5. The first kappa shape index (κ1) is 38.4. The number of methoxy groups -OCH3 is 1. The molecule has 280 valence electrons. The number of hydrogen-bond acceptors (Lipinski definition) is 15. The molecule has 6 atom stereocenters. The molecule has 3 aromatic rings. The number of nitrogens with zero attached hydrogens (tertiary/aromatic N) is 2. The molecule has 1 aliphatic carbocycles. The number of nitrogen functional groups attached to an aromatic ring is 1. The van der Waals surface area contributed by atoms with Gasteiger partial charge < -0.3 is 66.7 Å². The Morgan fingerprint density at radius 1 is 1.12 bits per heavy atom. The van der Waals surface area contributed by atoms with Crippen LogP contribution in [0, 0.1) is 6.92 Å². The summed E-state index contributed by atoms with van der Waals surface area (Å²) in [5.74, 6) is -2.50. The number of aryl methyl sites for hydroxylation is 2. The van der Waals surface area contributed by atoms with E-state index in [-0.39, 0.29) is 65.7 Å². The van der Waals surface area contributed by atoms with Crippen LogP contribution in [0.25, 0.3) is 0 Å². The fraction of sp³-hybridized carbons (Fsp3) is 0.429. The molecule has 0 unspecified atom stereocenters. The summed E-state index contributed by atoms with van der Waals surface area (Å²) in [6, 6.07) is 4.96. The number of ketones is 2. The lowest BCUT2D eigenvalue weighted by atomic mass is 9.78. The second-order valence-electron chi connectivity index (χ2n) is 12.6. The van der Waals surface area contributed by atoms with E-state index in [1.165, 1.54) is 32.5 Å². The second kappa shape index (κ2) is 15.4. The van der Waals surface area contributed by atoms with Gasteiger partial charge in [0.25, 0.3) is 0 Å². The Morgan fingerprint density at radius 2 is 1.85 bits per heavy atom. The molecule has 17 heteroatoms. The van der Waals surface area contributed by atoms with Gasteiger partial charge >= 0.3 is 0 Å². The van der Waals surface area contributed by atoms with Gasteiger partial charge in [0, 0.05) is 48.2 Å². The summed E-state index contributed by atoms with van der Waals surface area (Å²) in [4.78, 5) is 36.5. The molecule has 52 heavy (non-hydrogen) atoms. The Kier molecular flexibility index (Phi) is 11.3. The van der Waals surface area contributed by atoms with E-state index >= 15 is 0 Å². The number of rotatable bonds is 12. The number of aromatic hydroxyl groups is 1. The predicted molar refractivity (Wildman–Crippen MR) is 184 cm³/mol. The largest absolute Gasteiger partial charge is 0.507 e. The smallest absolute Gasteiger partial charge is 0.229 e. The third-order valence-electron chi connectivity index (χ3n) is 9.58. The number of benzene rings is 2. The molecule has 0 amide bonds. The Hall–Kier alpha value is -4.88.